The van der Waals surface area contributed by atoms with Crippen molar-refractivity contribution in [3.63, 3.8) is 0 Å². The highest BCUT2D eigenvalue weighted by molar-refractivity contribution is 5.91. The topological polar surface area (TPSA) is 52.6 Å². The Bertz CT molecular complexity index is 1140. The molecule has 0 saturated carbocycles. The van der Waals surface area contributed by atoms with Gasteiger partial charge in [-0.2, -0.15) is 0 Å². The van der Waals surface area contributed by atoms with Crippen molar-refractivity contribution < 1.29 is 19.1 Å². The Kier molecular flexibility index (Phi) is 7.03. The molecule has 3 aromatic carbocycles. The van der Waals surface area contributed by atoms with Gasteiger partial charge in [-0.1, -0.05) is 55.6 Å². The molecule has 0 amide bonds. The molecule has 0 bridgehead atoms. The molecule has 4 nitrogen and oxygen atoms in total. The summed E-state index contributed by atoms with van der Waals surface area (Å²) < 4.78 is 10.4. The Morgan fingerprint density at radius 1 is 0.774 bits per heavy atom. The van der Waals surface area contributed by atoms with Crippen molar-refractivity contribution in [2.75, 3.05) is 6.61 Å². The molecular weight excluding hydrogens is 388 g/mol. The molecule has 3 rings (SSSR count). The summed E-state index contributed by atoms with van der Waals surface area (Å²) in [5, 5.41) is 2.06. The van der Waals surface area contributed by atoms with Crippen LogP contribution in [0.2, 0.25) is 0 Å². The zero-order chi connectivity index (χ0) is 22.4. The monoisotopic (exact) mass is 414 g/mol. The summed E-state index contributed by atoms with van der Waals surface area (Å²) in [6, 6.07) is 20.2. The van der Waals surface area contributed by atoms with Crippen LogP contribution in [0, 0.1) is 0 Å². The second kappa shape index (κ2) is 9.90. The predicted octanol–water partition coefficient (Wildman–Crippen LogP) is 6.04. The first kappa shape index (κ1) is 22.0. The SMILES string of the molecule is C=C(C)C(=O)OCCCc1ccc(-c2ccc3cc(OC(=O)C(=C)C)ccc3c2)cc1. The van der Waals surface area contributed by atoms with E-state index in [1.807, 2.05) is 18.2 Å². The van der Waals surface area contributed by atoms with E-state index in [4.69, 9.17) is 9.47 Å². The fourth-order valence-electron chi connectivity index (χ4n) is 3.09. The minimum atomic E-state index is -0.426. The number of rotatable bonds is 8. The van der Waals surface area contributed by atoms with Crippen molar-refractivity contribution in [1.82, 2.24) is 0 Å². The Hall–Kier alpha value is -3.66. The third-order valence-electron chi connectivity index (χ3n) is 4.85. The molecule has 0 aliphatic carbocycles. The number of aryl methyl sites for hydroxylation is 1. The van der Waals surface area contributed by atoms with Crippen molar-refractivity contribution in [2.24, 2.45) is 0 Å². The van der Waals surface area contributed by atoms with Gasteiger partial charge in [0.15, 0.2) is 0 Å². The first-order chi connectivity index (χ1) is 14.8. The van der Waals surface area contributed by atoms with E-state index in [-0.39, 0.29) is 5.97 Å². The fraction of sp³-hybridized carbons (Fsp3) is 0.185. The number of fused-ring (bicyclic) bond motifs is 1. The first-order valence-corrected chi connectivity index (χ1v) is 10.2. The van der Waals surface area contributed by atoms with Crippen molar-refractivity contribution >= 4 is 22.7 Å². The highest BCUT2D eigenvalue weighted by Gasteiger charge is 2.07. The summed E-state index contributed by atoms with van der Waals surface area (Å²) in [6.45, 7) is 10.8. The van der Waals surface area contributed by atoms with Gasteiger partial charge < -0.3 is 9.47 Å². The summed E-state index contributed by atoms with van der Waals surface area (Å²) in [7, 11) is 0. The molecule has 0 saturated heterocycles. The summed E-state index contributed by atoms with van der Waals surface area (Å²) in [4.78, 5) is 23.1. The number of ether oxygens (including phenoxy) is 2. The number of esters is 2. The highest BCUT2D eigenvalue weighted by Crippen LogP contribution is 2.27. The van der Waals surface area contributed by atoms with Gasteiger partial charge in [-0.05, 0) is 72.4 Å². The van der Waals surface area contributed by atoms with Gasteiger partial charge in [0, 0.05) is 11.1 Å². The van der Waals surface area contributed by atoms with Gasteiger partial charge in [0.2, 0.25) is 0 Å². The van der Waals surface area contributed by atoms with Crippen molar-refractivity contribution in [1.29, 1.82) is 0 Å². The van der Waals surface area contributed by atoms with Crippen LogP contribution < -0.4 is 4.74 Å². The maximum atomic E-state index is 11.7. The lowest BCUT2D eigenvalue weighted by molar-refractivity contribution is -0.139. The van der Waals surface area contributed by atoms with Crippen LogP contribution in [0.4, 0.5) is 0 Å². The molecule has 0 fully saturated rings. The van der Waals surface area contributed by atoms with E-state index < -0.39 is 5.97 Å². The third kappa shape index (κ3) is 5.92. The van der Waals surface area contributed by atoms with Crippen molar-refractivity contribution in [3.05, 3.63) is 90.5 Å². The molecule has 158 valence electrons. The van der Waals surface area contributed by atoms with E-state index in [1.54, 1.807) is 19.9 Å². The molecule has 3 aromatic rings. The Balaban J connectivity index is 1.64. The van der Waals surface area contributed by atoms with E-state index >= 15 is 0 Å². The van der Waals surface area contributed by atoms with Gasteiger partial charge in [0.25, 0.3) is 0 Å². The van der Waals surface area contributed by atoms with Crippen LogP contribution in [0.25, 0.3) is 21.9 Å². The van der Waals surface area contributed by atoms with Gasteiger partial charge >= 0.3 is 11.9 Å². The Morgan fingerprint density at radius 3 is 2.06 bits per heavy atom. The smallest absolute Gasteiger partial charge is 0.338 e. The Labute approximate surface area is 182 Å². The van der Waals surface area contributed by atoms with E-state index in [0.29, 0.717) is 23.5 Å². The average Bonchev–Trinajstić information content (AvgIpc) is 2.76. The molecule has 0 aliphatic heterocycles. The lowest BCUT2D eigenvalue weighted by Gasteiger charge is -2.08. The Morgan fingerprint density at radius 2 is 1.39 bits per heavy atom. The lowest BCUT2D eigenvalue weighted by Crippen LogP contribution is -2.07. The van der Waals surface area contributed by atoms with Crippen LogP contribution in [0.3, 0.4) is 0 Å². The number of carbonyl (C=O) groups excluding carboxylic acids is 2. The van der Waals surface area contributed by atoms with Crippen LogP contribution in [-0.2, 0) is 20.7 Å². The van der Waals surface area contributed by atoms with E-state index in [1.165, 1.54) is 5.56 Å². The van der Waals surface area contributed by atoms with Crippen LogP contribution in [-0.4, -0.2) is 18.5 Å². The van der Waals surface area contributed by atoms with Gasteiger partial charge in [-0.25, -0.2) is 9.59 Å². The molecule has 0 N–H and O–H groups in total. The molecule has 0 aliphatic rings. The van der Waals surface area contributed by atoms with E-state index in [9.17, 15) is 9.59 Å². The molecule has 0 unspecified atom stereocenters. The van der Waals surface area contributed by atoms with Crippen LogP contribution in [0.15, 0.2) is 85.0 Å². The molecule has 0 aromatic heterocycles. The van der Waals surface area contributed by atoms with E-state index in [2.05, 4.69) is 49.6 Å². The zero-order valence-corrected chi connectivity index (χ0v) is 17.9. The predicted molar refractivity (Wildman–Crippen MR) is 124 cm³/mol. The van der Waals surface area contributed by atoms with E-state index in [0.717, 1.165) is 34.7 Å². The maximum Gasteiger partial charge on any atom is 0.338 e. The first-order valence-electron chi connectivity index (χ1n) is 10.2. The zero-order valence-electron chi connectivity index (χ0n) is 17.9. The maximum absolute atomic E-state index is 11.7. The minimum Gasteiger partial charge on any atom is -0.462 e. The third-order valence-corrected chi connectivity index (χ3v) is 4.85. The van der Waals surface area contributed by atoms with Crippen molar-refractivity contribution in [2.45, 2.75) is 26.7 Å². The summed E-state index contributed by atoms with van der Waals surface area (Å²) in [5.41, 5.74) is 4.22. The normalized spacial score (nSPS) is 10.5. The van der Waals surface area contributed by atoms with Gasteiger partial charge in [0.1, 0.15) is 5.75 Å². The second-order valence-corrected chi connectivity index (χ2v) is 7.61. The largest absolute Gasteiger partial charge is 0.462 e. The van der Waals surface area contributed by atoms with Gasteiger partial charge in [-0.3, -0.25) is 0 Å². The molecule has 31 heavy (non-hydrogen) atoms. The highest BCUT2D eigenvalue weighted by atomic mass is 16.5. The standard InChI is InChI=1S/C27H26O4/c1-18(2)26(28)30-15-5-6-20-7-9-21(10-8-20)22-11-12-24-17-25(14-13-23(24)16-22)31-27(29)19(3)4/h7-14,16-17H,1,3,5-6,15H2,2,4H3. The molecule has 0 spiro atoms. The number of hydrogen-bond acceptors (Lipinski definition) is 4. The van der Waals surface area contributed by atoms with Gasteiger partial charge in [0.05, 0.1) is 6.61 Å². The molecule has 4 heteroatoms. The molecular formula is C27H26O4. The number of benzene rings is 3. The summed E-state index contributed by atoms with van der Waals surface area (Å²) in [5.74, 6) is -0.260. The van der Waals surface area contributed by atoms with Crippen molar-refractivity contribution in [3.8, 4) is 16.9 Å². The van der Waals surface area contributed by atoms with Crippen LogP contribution in [0.1, 0.15) is 25.8 Å². The number of carbonyl (C=O) groups is 2. The summed E-state index contributed by atoms with van der Waals surface area (Å²) >= 11 is 0. The molecule has 0 heterocycles. The minimum absolute atomic E-state index is 0.340. The lowest BCUT2D eigenvalue weighted by atomic mass is 9.99. The second-order valence-electron chi connectivity index (χ2n) is 7.61. The average molecular weight is 415 g/mol. The quantitative estimate of drug-likeness (QED) is 0.195. The summed E-state index contributed by atoms with van der Waals surface area (Å²) in [6.07, 6.45) is 1.61. The number of hydrogen-bond donors (Lipinski definition) is 0. The fourth-order valence-corrected chi connectivity index (χ4v) is 3.09. The van der Waals surface area contributed by atoms with Crippen LogP contribution in [0.5, 0.6) is 5.75 Å². The van der Waals surface area contributed by atoms with Gasteiger partial charge in [-0.15, -0.1) is 0 Å². The molecule has 0 radical (unpaired) electrons. The van der Waals surface area contributed by atoms with Crippen LogP contribution >= 0.6 is 0 Å². The molecule has 0 atom stereocenters.